The van der Waals surface area contributed by atoms with Crippen LogP contribution in [-0.2, 0) is 6.54 Å². The van der Waals surface area contributed by atoms with Gasteiger partial charge in [0.2, 0.25) is 0 Å². The van der Waals surface area contributed by atoms with Crippen LogP contribution in [0.2, 0.25) is 5.02 Å². The van der Waals surface area contributed by atoms with Crippen LogP contribution in [0.25, 0.3) is 0 Å². The van der Waals surface area contributed by atoms with Crippen LogP contribution < -0.4 is 10.6 Å². The Kier molecular flexibility index (Phi) is 4.30. The van der Waals surface area contributed by atoms with Gasteiger partial charge in [0, 0.05) is 35.2 Å². The second-order valence-electron chi connectivity index (χ2n) is 3.74. The number of benzene rings is 1. The zero-order valence-corrected chi connectivity index (χ0v) is 10.6. The fourth-order valence-electron chi connectivity index (χ4n) is 1.48. The highest BCUT2D eigenvalue weighted by atomic mass is 35.5. The van der Waals surface area contributed by atoms with Gasteiger partial charge in [0.25, 0.3) is 0 Å². The van der Waals surface area contributed by atoms with E-state index in [1.165, 1.54) is 12.1 Å². The first-order valence-electron chi connectivity index (χ1n) is 5.54. The smallest absolute Gasteiger partial charge is 0.319 e. The Labute approximate surface area is 114 Å². The van der Waals surface area contributed by atoms with E-state index >= 15 is 0 Å². The minimum atomic E-state index is -0.447. The van der Waals surface area contributed by atoms with E-state index in [0.29, 0.717) is 5.69 Å². The summed E-state index contributed by atoms with van der Waals surface area (Å²) >= 11 is 5.85. The predicted molar refractivity (Wildman–Crippen MR) is 71.5 cm³/mol. The molecule has 2 aromatic rings. The lowest BCUT2D eigenvalue weighted by molar-refractivity contribution is 0.251. The van der Waals surface area contributed by atoms with Gasteiger partial charge >= 0.3 is 6.03 Å². The third kappa shape index (κ3) is 3.66. The lowest BCUT2D eigenvalue weighted by atomic mass is 10.2. The van der Waals surface area contributed by atoms with Crippen LogP contribution in [0.5, 0.6) is 0 Å². The summed E-state index contributed by atoms with van der Waals surface area (Å²) in [4.78, 5) is 15.4. The molecule has 0 aliphatic rings. The van der Waals surface area contributed by atoms with Crippen LogP contribution in [0.4, 0.5) is 14.9 Å². The van der Waals surface area contributed by atoms with Crippen molar-refractivity contribution in [1.82, 2.24) is 10.3 Å². The number of rotatable bonds is 3. The maximum atomic E-state index is 13.5. The third-order valence-electron chi connectivity index (χ3n) is 2.43. The number of halogens is 2. The molecule has 0 aliphatic heterocycles. The molecule has 6 heteroatoms. The topological polar surface area (TPSA) is 54.0 Å². The Morgan fingerprint density at radius 3 is 2.68 bits per heavy atom. The minimum absolute atomic E-state index is 0.0163. The third-order valence-corrected chi connectivity index (χ3v) is 2.78. The summed E-state index contributed by atoms with van der Waals surface area (Å²) in [6.45, 7) is 0.0163. The van der Waals surface area contributed by atoms with Gasteiger partial charge in [-0.15, -0.1) is 0 Å². The van der Waals surface area contributed by atoms with Gasteiger partial charge < -0.3 is 10.6 Å². The summed E-state index contributed by atoms with van der Waals surface area (Å²) in [5.74, 6) is -0.447. The Balaban J connectivity index is 1.94. The van der Waals surface area contributed by atoms with Gasteiger partial charge in [-0.3, -0.25) is 4.98 Å². The van der Waals surface area contributed by atoms with Gasteiger partial charge in [0.15, 0.2) is 0 Å². The molecule has 2 N–H and O–H groups in total. The lowest BCUT2D eigenvalue weighted by Crippen LogP contribution is -2.28. The summed E-state index contributed by atoms with van der Waals surface area (Å²) in [7, 11) is 0. The molecule has 0 fully saturated rings. The fourth-order valence-corrected chi connectivity index (χ4v) is 1.71. The fraction of sp³-hybridized carbons (Fsp3) is 0.0769. The molecule has 2 rings (SSSR count). The highest BCUT2D eigenvalue weighted by molar-refractivity contribution is 6.31. The number of amides is 2. The van der Waals surface area contributed by atoms with E-state index in [0.717, 1.165) is 0 Å². The number of aromatic nitrogens is 1. The summed E-state index contributed by atoms with van der Waals surface area (Å²) in [5, 5.41) is 5.41. The molecule has 2 amide bonds. The van der Waals surface area contributed by atoms with Crippen molar-refractivity contribution in [2.24, 2.45) is 0 Å². The summed E-state index contributed by atoms with van der Waals surface area (Å²) in [6.07, 6.45) is 3.12. The number of nitrogens with zero attached hydrogens (tertiary/aromatic N) is 1. The normalized spacial score (nSPS) is 10.0. The zero-order chi connectivity index (χ0) is 13.7. The van der Waals surface area contributed by atoms with E-state index in [-0.39, 0.29) is 17.1 Å². The van der Waals surface area contributed by atoms with E-state index in [2.05, 4.69) is 15.6 Å². The number of hydrogen-bond acceptors (Lipinski definition) is 2. The zero-order valence-electron chi connectivity index (χ0n) is 9.86. The first-order valence-corrected chi connectivity index (χ1v) is 5.92. The van der Waals surface area contributed by atoms with Crippen molar-refractivity contribution in [3.05, 3.63) is 59.1 Å². The maximum Gasteiger partial charge on any atom is 0.319 e. The van der Waals surface area contributed by atoms with Crippen molar-refractivity contribution in [3.8, 4) is 0 Å². The first-order chi connectivity index (χ1) is 9.16. The predicted octanol–water partition coefficient (Wildman–Crippen LogP) is 3.20. The number of carbonyl (C=O) groups is 1. The van der Waals surface area contributed by atoms with E-state index < -0.39 is 11.8 Å². The van der Waals surface area contributed by atoms with E-state index in [4.69, 9.17) is 11.6 Å². The molecule has 0 unspecified atom stereocenters. The number of pyridine rings is 1. The molecule has 1 aromatic heterocycles. The molecule has 0 saturated heterocycles. The molecular formula is C13H11ClFN3O. The molecule has 19 heavy (non-hydrogen) atoms. The maximum absolute atomic E-state index is 13.5. The minimum Gasteiger partial charge on any atom is -0.334 e. The highest BCUT2D eigenvalue weighted by Crippen LogP contribution is 2.18. The summed E-state index contributed by atoms with van der Waals surface area (Å²) < 4.78 is 13.5. The number of anilines is 1. The van der Waals surface area contributed by atoms with Crippen molar-refractivity contribution in [2.75, 3.05) is 5.32 Å². The molecule has 0 saturated carbocycles. The van der Waals surface area contributed by atoms with Crippen molar-refractivity contribution in [1.29, 1.82) is 0 Å². The van der Waals surface area contributed by atoms with Crippen molar-refractivity contribution in [2.45, 2.75) is 6.54 Å². The molecule has 98 valence electrons. The van der Waals surface area contributed by atoms with Crippen LogP contribution in [0.1, 0.15) is 5.56 Å². The largest absolute Gasteiger partial charge is 0.334 e. The number of urea groups is 1. The summed E-state index contributed by atoms with van der Waals surface area (Å²) in [6, 6.07) is 7.24. The van der Waals surface area contributed by atoms with E-state index in [9.17, 15) is 9.18 Å². The highest BCUT2D eigenvalue weighted by Gasteiger charge is 2.08. The lowest BCUT2D eigenvalue weighted by Gasteiger charge is -2.09. The Hall–Kier alpha value is -2.14. The van der Waals surface area contributed by atoms with Gasteiger partial charge in [-0.25, -0.2) is 9.18 Å². The number of nitrogens with one attached hydrogen (secondary N) is 2. The van der Waals surface area contributed by atoms with Crippen LogP contribution in [0.3, 0.4) is 0 Å². The van der Waals surface area contributed by atoms with E-state index in [1.807, 2.05) is 0 Å². The molecule has 1 aromatic carbocycles. The monoisotopic (exact) mass is 279 g/mol. The first kappa shape index (κ1) is 13.3. The van der Waals surface area contributed by atoms with Crippen molar-refractivity contribution >= 4 is 23.3 Å². The van der Waals surface area contributed by atoms with Gasteiger partial charge in [-0.05, 0) is 24.3 Å². The molecule has 0 atom stereocenters. The van der Waals surface area contributed by atoms with Gasteiger partial charge in [-0.2, -0.15) is 0 Å². The molecule has 0 aliphatic carbocycles. The SMILES string of the molecule is O=C(NCc1c(F)cccc1Cl)Nc1ccncc1. The van der Waals surface area contributed by atoms with Crippen LogP contribution in [0.15, 0.2) is 42.7 Å². The van der Waals surface area contributed by atoms with Gasteiger partial charge in [0.1, 0.15) is 5.82 Å². The van der Waals surface area contributed by atoms with Crippen LogP contribution in [-0.4, -0.2) is 11.0 Å². The van der Waals surface area contributed by atoms with Crippen molar-refractivity contribution < 1.29 is 9.18 Å². The average Bonchev–Trinajstić information content (AvgIpc) is 2.39. The summed E-state index contributed by atoms with van der Waals surface area (Å²) in [5.41, 5.74) is 0.862. The Morgan fingerprint density at radius 1 is 1.26 bits per heavy atom. The van der Waals surface area contributed by atoms with Crippen LogP contribution in [0, 0.1) is 5.82 Å². The standard InChI is InChI=1S/C13H11ClFN3O/c14-11-2-1-3-12(15)10(11)8-17-13(19)18-9-4-6-16-7-5-9/h1-7H,8H2,(H2,16,17,18,19). The molecule has 0 radical (unpaired) electrons. The molecular weight excluding hydrogens is 269 g/mol. The van der Waals surface area contributed by atoms with Crippen LogP contribution >= 0.6 is 11.6 Å². The number of hydrogen-bond donors (Lipinski definition) is 2. The number of carbonyl (C=O) groups excluding carboxylic acids is 1. The quantitative estimate of drug-likeness (QED) is 0.906. The molecule has 0 bridgehead atoms. The molecule has 0 spiro atoms. The average molecular weight is 280 g/mol. The van der Waals surface area contributed by atoms with Crippen molar-refractivity contribution in [3.63, 3.8) is 0 Å². The Bertz CT molecular complexity index is 557. The Morgan fingerprint density at radius 2 is 2.00 bits per heavy atom. The van der Waals surface area contributed by atoms with Gasteiger partial charge in [-0.1, -0.05) is 17.7 Å². The second kappa shape index (κ2) is 6.15. The van der Waals surface area contributed by atoms with E-state index in [1.54, 1.807) is 30.6 Å². The van der Waals surface area contributed by atoms with Gasteiger partial charge in [0.05, 0.1) is 0 Å². The molecule has 4 nitrogen and oxygen atoms in total. The second-order valence-corrected chi connectivity index (χ2v) is 4.15. The molecule has 1 heterocycles.